The molecule has 2 fully saturated rings. The number of rotatable bonds is 5. The largest absolute Gasteiger partial charge is 0.388 e. The van der Waals surface area contributed by atoms with Crippen LogP contribution >= 0.6 is 0 Å². The summed E-state index contributed by atoms with van der Waals surface area (Å²) in [5.41, 5.74) is 0. The maximum absolute atomic E-state index is 9.87. The van der Waals surface area contributed by atoms with Gasteiger partial charge >= 0.3 is 0 Å². The Morgan fingerprint density at radius 2 is 1.53 bits per heavy atom. The van der Waals surface area contributed by atoms with E-state index in [0.29, 0.717) is 19.6 Å². The van der Waals surface area contributed by atoms with Crippen LogP contribution in [0.1, 0.15) is 32.1 Å². The summed E-state index contributed by atoms with van der Waals surface area (Å²) in [5.74, 6) is 0. The molecular formula is C12H22O5. The van der Waals surface area contributed by atoms with Crippen LogP contribution in [0.25, 0.3) is 0 Å². The quantitative estimate of drug-likeness (QED) is 0.785. The maximum Gasteiger partial charge on any atom is 0.183 e. The molecule has 0 amide bonds. The second-order valence-corrected chi connectivity index (χ2v) is 4.49. The van der Waals surface area contributed by atoms with E-state index in [1.54, 1.807) is 0 Å². The van der Waals surface area contributed by atoms with E-state index in [2.05, 4.69) is 0 Å². The van der Waals surface area contributed by atoms with Crippen LogP contribution in [0.2, 0.25) is 0 Å². The van der Waals surface area contributed by atoms with E-state index in [1.165, 1.54) is 0 Å². The van der Waals surface area contributed by atoms with Crippen LogP contribution in [0.3, 0.4) is 0 Å². The van der Waals surface area contributed by atoms with Gasteiger partial charge in [0, 0.05) is 0 Å². The van der Waals surface area contributed by atoms with Crippen molar-refractivity contribution in [1.29, 1.82) is 0 Å². The van der Waals surface area contributed by atoms with Gasteiger partial charge in [0.05, 0.1) is 26.4 Å². The first kappa shape index (κ1) is 13.2. The molecule has 17 heavy (non-hydrogen) atoms. The molecule has 100 valence electrons. The lowest BCUT2D eigenvalue weighted by atomic mass is 10.1. The molecule has 0 aromatic carbocycles. The molecular weight excluding hydrogens is 224 g/mol. The van der Waals surface area contributed by atoms with Crippen molar-refractivity contribution in [3.63, 3.8) is 0 Å². The molecule has 0 aromatic heterocycles. The van der Waals surface area contributed by atoms with Gasteiger partial charge in [0.25, 0.3) is 0 Å². The summed E-state index contributed by atoms with van der Waals surface area (Å²) in [7, 11) is 0. The Bertz CT molecular complexity index is 199. The number of aliphatic hydroxyl groups excluding tert-OH is 1. The van der Waals surface area contributed by atoms with Gasteiger partial charge < -0.3 is 24.1 Å². The Hall–Kier alpha value is -0.200. The van der Waals surface area contributed by atoms with Gasteiger partial charge in [-0.15, -0.1) is 0 Å². The van der Waals surface area contributed by atoms with E-state index in [1.807, 2.05) is 0 Å². The molecule has 2 rings (SSSR count). The molecule has 1 atom stereocenters. The summed E-state index contributed by atoms with van der Waals surface area (Å²) >= 11 is 0. The number of hydrogen-bond donors (Lipinski definition) is 1. The Morgan fingerprint density at radius 3 is 2.18 bits per heavy atom. The van der Waals surface area contributed by atoms with Gasteiger partial charge in [-0.25, -0.2) is 0 Å². The van der Waals surface area contributed by atoms with Crippen LogP contribution in [0.5, 0.6) is 0 Å². The predicted molar refractivity (Wildman–Crippen MR) is 60.5 cm³/mol. The molecule has 0 spiro atoms. The van der Waals surface area contributed by atoms with Crippen molar-refractivity contribution in [2.45, 2.75) is 50.8 Å². The average Bonchev–Trinajstić information content (AvgIpc) is 2.41. The van der Waals surface area contributed by atoms with Crippen molar-refractivity contribution in [3.8, 4) is 0 Å². The molecule has 5 nitrogen and oxygen atoms in total. The van der Waals surface area contributed by atoms with Gasteiger partial charge in [-0.1, -0.05) is 0 Å². The van der Waals surface area contributed by atoms with E-state index >= 15 is 0 Å². The van der Waals surface area contributed by atoms with Crippen LogP contribution < -0.4 is 0 Å². The Balaban J connectivity index is 1.57. The number of ether oxygens (including phenoxy) is 4. The topological polar surface area (TPSA) is 57.2 Å². The van der Waals surface area contributed by atoms with Crippen LogP contribution in [-0.2, 0) is 18.9 Å². The van der Waals surface area contributed by atoms with E-state index in [4.69, 9.17) is 18.9 Å². The zero-order valence-corrected chi connectivity index (χ0v) is 10.2. The lowest BCUT2D eigenvalue weighted by Gasteiger charge is -2.28. The maximum atomic E-state index is 9.87. The fraction of sp³-hybridized carbons (Fsp3) is 1.00. The van der Waals surface area contributed by atoms with Crippen LogP contribution in [0.4, 0.5) is 0 Å². The summed E-state index contributed by atoms with van der Waals surface area (Å²) < 4.78 is 21.6. The summed E-state index contributed by atoms with van der Waals surface area (Å²) in [5, 5.41) is 9.87. The van der Waals surface area contributed by atoms with Crippen LogP contribution in [-0.4, -0.2) is 50.2 Å². The number of hydrogen-bond acceptors (Lipinski definition) is 5. The van der Waals surface area contributed by atoms with Crippen molar-refractivity contribution >= 4 is 0 Å². The third kappa shape index (κ3) is 4.52. The second kappa shape index (κ2) is 7.28. The summed E-state index contributed by atoms with van der Waals surface area (Å²) in [4.78, 5) is 0. The van der Waals surface area contributed by atoms with Crippen molar-refractivity contribution in [2.24, 2.45) is 0 Å². The van der Waals surface area contributed by atoms with Gasteiger partial charge in [-0.05, 0) is 32.1 Å². The highest BCUT2D eigenvalue weighted by molar-refractivity contribution is 4.64. The second-order valence-electron chi connectivity index (χ2n) is 4.49. The van der Waals surface area contributed by atoms with E-state index < -0.39 is 12.4 Å². The standard InChI is InChI=1S/C12H22O5/c13-10(12-16-8-3-9-17-12)4-1-5-11-14-6-2-7-15-11/h10-13H,1-9H2. The van der Waals surface area contributed by atoms with Gasteiger partial charge in [-0.3, -0.25) is 0 Å². The molecule has 2 saturated heterocycles. The minimum atomic E-state index is -0.543. The van der Waals surface area contributed by atoms with E-state index in [-0.39, 0.29) is 6.29 Å². The SMILES string of the molecule is OC(CCCC1OCCCO1)C1OCCCO1. The molecule has 0 aromatic rings. The predicted octanol–water partition coefficient (Wildman–Crippen LogP) is 1.04. The molecule has 2 heterocycles. The van der Waals surface area contributed by atoms with E-state index in [0.717, 1.165) is 38.9 Å². The smallest absolute Gasteiger partial charge is 0.183 e. The molecule has 0 radical (unpaired) electrons. The highest BCUT2D eigenvalue weighted by Crippen LogP contribution is 2.17. The molecule has 5 heteroatoms. The molecule has 1 unspecified atom stereocenters. The molecule has 0 aliphatic carbocycles. The normalized spacial score (nSPS) is 25.9. The molecule has 2 aliphatic rings. The molecule has 0 saturated carbocycles. The fourth-order valence-corrected chi connectivity index (χ4v) is 2.06. The van der Waals surface area contributed by atoms with Gasteiger partial charge in [0.1, 0.15) is 6.10 Å². The lowest BCUT2D eigenvalue weighted by Crippen LogP contribution is -2.36. The first-order valence-corrected chi connectivity index (χ1v) is 6.51. The van der Waals surface area contributed by atoms with Crippen molar-refractivity contribution in [2.75, 3.05) is 26.4 Å². The zero-order chi connectivity index (χ0) is 11.9. The fourth-order valence-electron chi connectivity index (χ4n) is 2.06. The highest BCUT2D eigenvalue weighted by Gasteiger charge is 2.23. The first-order valence-electron chi connectivity index (χ1n) is 6.51. The number of aliphatic hydroxyl groups is 1. The Morgan fingerprint density at radius 1 is 0.941 bits per heavy atom. The van der Waals surface area contributed by atoms with Gasteiger partial charge in [0.2, 0.25) is 0 Å². The monoisotopic (exact) mass is 246 g/mol. The minimum Gasteiger partial charge on any atom is -0.388 e. The van der Waals surface area contributed by atoms with Crippen LogP contribution in [0.15, 0.2) is 0 Å². The highest BCUT2D eigenvalue weighted by atomic mass is 16.7. The third-order valence-corrected chi connectivity index (χ3v) is 3.00. The van der Waals surface area contributed by atoms with Crippen molar-refractivity contribution < 1.29 is 24.1 Å². The van der Waals surface area contributed by atoms with Crippen molar-refractivity contribution in [3.05, 3.63) is 0 Å². The Kier molecular flexibility index (Phi) is 5.67. The third-order valence-electron chi connectivity index (χ3n) is 3.00. The van der Waals surface area contributed by atoms with Crippen molar-refractivity contribution in [1.82, 2.24) is 0 Å². The lowest BCUT2D eigenvalue weighted by molar-refractivity contribution is -0.225. The average molecular weight is 246 g/mol. The van der Waals surface area contributed by atoms with Gasteiger partial charge in [0.15, 0.2) is 12.6 Å². The summed E-state index contributed by atoms with van der Waals surface area (Å²) in [6.45, 7) is 2.91. The minimum absolute atomic E-state index is 0.0934. The van der Waals surface area contributed by atoms with E-state index in [9.17, 15) is 5.11 Å². The molecule has 0 bridgehead atoms. The summed E-state index contributed by atoms with van der Waals surface area (Å²) in [6, 6.07) is 0. The Labute approximate surface area is 102 Å². The first-order chi connectivity index (χ1) is 8.36. The zero-order valence-electron chi connectivity index (χ0n) is 10.2. The molecule has 2 aliphatic heterocycles. The molecule has 1 N–H and O–H groups in total. The van der Waals surface area contributed by atoms with Gasteiger partial charge in [-0.2, -0.15) is 0 Å². The summed E-state index contributed by atoms with van der Waals surface area (Å²) in [6.07, 6.45) is 3.14. The van der Waals surface area contributed by atoms with Crippen LogP contribution in [0, 0.1) is 0 Å².